The highest BCUT2D eigenvalue weighted by Crippen LogP contribution is 2.11. The topological polar surface area (TPSA) is 117 Å². The molecule has 1 atom stereocenters. The van der Waals surface area contributed by atoms with Crippen LogP contribution in [-0.4, -0.2) is 55.0 Å². The molecule has 5 N–H and O–H groups in total. The number of amides is 4. The van der Waals surface area contributed by atoms with Gasteiger partial charge in [0.1, 0.15) is 5.82 Å². The lowest BCUT2D eigenvalue weighted by Crippen LogP contribution is -2.43. The number of nitrogens with one attached hydrogen (secondary N) is 3. The first kappa shape index (κ1) is 20.7. The Kier molecular flexibility index (Phi) is 8.09. The highest BCUT2D eigenvalue weighted by Gasteiger charge is 2.27. The second-order valence-corrected chi connectivity index (χ2v) is 5.41. The van der Waals surface area contributed by atoms with Crippen molar-refractivity contribution < 1.29 is 18.8 Å². The van der Waals surface area contributed by atoms with Gasteiger partial charge in [0.05, 0.1) is 13.1 Å². The van der Waals surface area contributed by atoms with Crippen LogP contribution in [0, 0.1) is 5.82 Å². The number of nitrogens with two attached hydrogens (primary N) is 1. The van der Waals surface area contributed by atoms with E-state index in [1.54, 1.807) is 4.90 Å². The molecule has 4 amide bonds. The third-order valence-corrected chi connectivity index (χ3v) is 3.60. The number of carbonyl (C=O) groups is 3. The van der Waals surface area contributed by atoms with Crippen LogP contribution in [0.1, 0.15) is 6.42 Å². The number of hydrogen-bond acceptors (Lipinski definition) is 4. The standard InChI is InChI=1S/C15H20FN5O3.ClH/c16-10-1-3-11(4-2-10)19-15(24)20-12-5-6-21(9-12)14(23)8-18-13(22)7-17;/h1-4,12H,5-9,17H2,(H,18,22)(H2,19,20,24);1H. The molecule has 1 aromatic rings. The van der Waals surface area contributed by atoms with E-state index in [4.69, 9.17) is 5.73 Å². The Hall–Kier alpha value is -2.39. The van der Waals surface area contributed by atoms with Crippen molar-refractivity contribution in [2.75, 3.05) is 31.5 Å². The molecule has 0 aromatic heterocycles. The van der Waals surface area contributed by atoms with E-state index in [0.717, 1.165) is 0 Å². The quantitative estimate of drug-likeness (QED) is 0.583. The van der Waals surface area contributed by atoms with Crippen LogP contribution >= 0.6 is 12.4 Å². The van der Waals surface area contributed by atoms with E-state index in [0.29, 0.717) is 25.2 Å². The molecule has 1 aliphatic rings. The Balaban J connectivity index is 0.00000312. The molecule has 1 saturated heterocycles. The van der Waals surface area contributed by atoms with Gasteiger partial charge in [-0.15, -0.1) is 12.4 Å². The second kappa shape index (κ2) is 9.80. The third kappa shape index (κ3) is 6.55. The summed E-state index contributed by atoms with van der Waals surface area (Å²) in [6.45, 7) is 0.596. The van der Waals surface area contributed by atoms with Crippen molar-refractivity contribution >= 4 is 35.9 Å². The SMILES string of the molecule is Cl.NCC(=O)NCC(=O)N1CCC(NC(=O)Nc2ccc(F)cc2)C1. The van der Waals surface area contributed by atoms with E-state index in [2.05, 4.69) is 16.0 Å². The minimum Gasteiger partial charge on any atom is -0.346 e. The van der Waals surface area contributed by atoms with Crippen LogP contribution < -0.4 is 21.7 Å². The van der Waals surface area contributed by atoms with Crippen LogP contribution in [-0.2, 0) is 9.59 Å². The van der Waals surface area contributed by atoms with Gasteiger partial charge in [0.2, 0.25) is 11.8 Å². The average Bonchev–Trinajstić information content (AvgIpc) is 3.02. The Bertz CT molecular complexity index is 614. The summed E-state index contributed by atoms with van der Waals surface area (Å²) in [6.07, 6.45) is 0.618. The number of hydrogen-bond donors (Lipinski definition) is 4. The Morgan fingerprint density at radius 1 is 1.24 bits per heavy atom. The molecule has 25 heavy (non-hydrogen) atoms. The number of anilines is 1. The van der Waals surface area contributed by atoms with Gasteiger partial charge in [-0.05, 0) is 30.7 Å². The smallest absolute Gasteiger partial charge is 0.319 e. The maximum absolute atomic E-state index is 12.8. The number of rotatable bonds is 5. The van der Waals surface area contributed by atoms with Gasteiger partial charge in [0.25, 0.3) is 0 Å². The molecule has 2 rings (SSSR count). The lowest BCUT2D eigenvalue weighted by molar-refractivity contribution is -0.131. The van der Waals surface area contributed by atoms with E-state index >= 15 is 0 Å². The minimum absolute atomic E-state index is 0. The van der Waals surface area contributed by atoms with Gasteiger partial charge in [0, 0.05) is 24.8 Å². The van der Waals surface area contributed by atoms with Crippen LogP contribution in [0.15, 0.2) is 24.3 Å². The Morgan fingerprint density at radius 3 is 2.56 bits per heavy atom. The molecule has 0 spiro atoms. The maximum atomic E-state index is 12.8. The normalized spacial score (nSPS) is 15.9. The fraction of sp³-hybridized carbons (Fsp3) is 0.400. The minimum atomic E-state index is -0.419. The summed E-state index contributed by atoms with van der Waals surface area (Å²) in [5.74, 6) is -0.997. The molecule has 138 valence electrons. The van der Waals surface area contributed by atoms with Gasteiger partial charge >= 0.3 is 6.03 Å². The zero-order chi connectivity index (χ0) is 17.5. The number of halogens is 2. The number of carbonyl (C=O) groups excluding carboxylic acids is 3. The third-order valence-electron chi connectivity index (χ3n) is 3.60. The molecule has 0 aliphatic carbocycles. The molecule has 1 aromatic carbocycles. The summed E-state index contributed by atoms with van der Waals surface area (Å²) < 4.78 is 12.8. The summed E-state index contributed by atoms with van der Waals surface area (Å²) >= 11 is 0. The van der Waals surface area contributed by atoms with Crippen molar-refractivity contribution in [2.45, 2.75) is 12.5 Å². The monoisotopic (exact) mass is 373 g/mol. The van der Waals surface area contributed by atoms with Gasteiger partial charge in [0.15, 0.2) is 0 Å². The molecule has 0 bridgehead atoms. The van der Waals surface area contributed by atoms with Crippen molar-refractivity contribution in [2.24, 2.45) is 5.73 Å². The number of likely N-dealkylation sites (tertiary alicyclic amines) is 1. The average molecular weight is 374 g/mol. The van der Waals surface area contributed by atoms with Crippen molar-refractivity contribution in [1.29, 1.82) is 0 Å². The lowest BCUT2D eigenvalue weighted by Gasteiger charge is -2.17. The predicted octanol–water partition coefficient (Wildman–Crippen LogP) is 0.0448. The molecule has 1 fully saturated rings. The van der Waals surface area contributed by atoms with Gasteiger partial charge in [-0.25, -0.2) is 9.18 Å². The predicted molar refractivity (Wildman–Crippen MR) is 92.9 cm³/mol. The summed E-state index contributed by atoms with van der Waals surface area (Å²) in [6, 6.07) is 4.82. The lowest BCUT2D eigenvalue weighted by atomic mass is 10.3. The molecule has 8 nitrogen and oxygen atoms in total. The van der Waals surface area contributed by atoms with E-state index in [9.17, 15) is 18.8 Å². The van der Waals surface area contributed by atoms with E-state index in [-0.39, 0.29) is 43.3 Å². The molecular weight excluding hydrogens is 353 g/mol. The largest absolute Gasteiger partial charge is 0.346 e. The fourth-order valence-corrected chi connectivity index (χ4v) is 2.35. The van der Waals surface area contributed by atoms with E-state index < -0.39 is 11.9 Å². The molecule has 10 heteroatoms. The highest BCUT2D eigenvalue weighted by atomic mass is 35.5. The summed E-state index contributed by atoms with van der Waals surface area (Å²) in [4.78, 5) is 36.4. The number of nitrogens with zero attached hydrogens (tertiary/aromatic N) is 1. The van der Waals surface area contributed by atoms with Crippen LogP contribution in [0.25, 0.3) is 0 Å². The molecule has 0 radical (unpaired) electrons. The zero-order valence-corrected chi connectivity index (χ0v) is 14.3. The molecule has 1 aliphatic heterocycles. The molecule has 0 saturated carbocycles. The Labute approximate surface area is 150 Å². The maximum Gasteiger partial charge on any atom is 0.319 e. The second-order valence-electron chi connectivity index (χ2n) is 5.41. The van der Waals surface area contributed by atoms with Gasteiger partial charge in [-0.1, -0.05) is 0 Å². The summed E-state index contributed by atoms with van der Waals surface area (Å²) in [5, 5.41) is 7.77. The van der Waals surface area contributed by atoms with Gasteiger partial charge in [-0.2, -0.15) is 0 Å². The number of benzene rings is 1. The molecule has 1 heterocycles. The van der Waals surface area contributed by atoms with Crippen molar-refractivity contribution in [1.82, 2.24) is 15.5 Å². The zero-order valence-electron chi connectivity index (χ0n) is 13.5. The van der Waals surface area contributed by atoms with Gasteiger partial charge in [-0.3, -0.25) is 9.59 Å². The van der Waals surface area contributed by atoms with E-state index in [1.165, 1.54) is 24.3 Å². The van der Waals surface area contributed by atoms with E-state index in [1.807, 2.05) is 0 Å². The highest BCUT2D eigenvalue weighted by molar-refractivity contribution is 5.89. The fourth-order valence-electron chi connectivity index (χ4n) is 2.35. The van der Waals surface area contributed by atoms with Crippen molar-refractivity contribution in [3.63, 3.8) is 0 Å². The molecule has 1 unspecified atom stereocenters. The first-order chi connectivity index (χ1) is 11.5. The number of urea groups is 1. The van der Waals surface area contributed by atoms with Crippen LogP contribution in [0.5, 0.6) is 0 Å². The summed E-state index contributed by atoms with van der Waals surface area (Å²) in [7, 11) is 0. The van der Waals surface area contributed by atoms with Crippen molar-refractivity contribution in [3.8, 4) is 0 Å². The first-order valence-corrected chi connectivity index (χ1v) is 7.55. The van der Waals surface area contributed by atoms with Crippen LogP contribution in [0.4, 0.5) is 14.9 Å². The van der Waals surface area contributed by atoms with Crippen LogP contribution in [0.3, 0.4) is 0 Å². The molecular formula is C15H21ClFN5O3. The van der Waals surface area contributed by atoms with Gasteiger partial charge < -0.3 is 26.6 Å². The Morgan fingerprint density at radius 2 is 1.92 bits per heavy atom. The van der Waals surface area contributed by atoms with Crippen molar-refractivity contribution in [3.05, 3.63) is 30.1 Å². The summed E-state index contributed by atoms with van der Waals surface area (Å²) in [5.41, 5.74) is 5.62. The van der Waals surface area contributed by atoms with Crippen LogP contribution in [0.2, 0.25) is 0 Å². The first-order valence-electron chi connectivity index (χ1n) is 7.55.